The lowest BCUT2D eigenvalue weighted by Gasteiger charge is -2.41. The van der Waals surface area contributed by atoms with Crippen LogP contribution < -0.4 is 10.6 Å². The minimum absolute atomic E-state index is 0.0243. The summed E-state index contributed by atoms with van der Waals surface area (Å²) in [7, 11) is 0. The van der Waals surface area contributed by atoms with Crippen LogP contribution in [0.4, 0.5) is 4.79 Å². The van der Waals surface area contributed by atoms with Gasteiger partial charge >= 0.3 is 6.03 Å². The lowest BCUT2D eigenvalue weighted by Crippen LogP contribution is -2.62. The van der Waals surface area contributed by atoms with Crippen molar-refractivity contribution in [3.05, 3.63) is 0 Å². The van der Waals surface area contributed by atoms with Crippen molar-refractivity contribution in [3.63, 3.8) is 0 Å². The summed E-state index contributed by atoms with van der Waals surface area (Å²) in [6.07, 6.45) is 4.59. The number of carbonyl (C=O) groups is 2. The van der Waals surface area contributed by atoms with Crippen molar-refractivity contribution in [1.29, 1.82) is 0 Å². The van der Waals surface area contributed by atoms with Gasteiger partial charge in [-0.1, -0.05) is 41.0 Å². The molecule has 7 heteroatoms. The van der Waals surface area contributed by atoms with Crippen molar-refractivity contribution in [2.75, 3.05) is 19.8 Å². The van der Waals surface area contributed by atoms with Crippen molar-refractivity contribution in [2.45, 2.75) is 84.7 Å². The molecule has 0 radical (unpaired) electrons. The number of nitrogens with one attached hydrogen (secondary N) is 2. The molecule has 2 aliphatic heterocycles. The number of likely N-dealkylation sites (tertiary alicyclic amines) is 1. The van der Waals surface area contributed by atoms with E-state index in [1.54, 1.807) is 0 Å². The van der Waals surface area contributed by atoms with Crippen LogP contribution in [-0.4, -0.2) is 66.4 Å². The second-order valence-electron chi connectivity index (χ2n) is 11.3. The largest absolute Gasteiger partial charge is 0.377 e. The first kappa shape index (κ1) is 21.1. The van der Waals surface area contributed by atoms with E-state index in [2.05, 4.69) is 24.5 Å². The molecule has 4 atom stereocenters. The minimum Gasteiger partial charge on any atom is -0.377 e. The smallest absolute Gasteiger partial charge is 0.315 e. The van der Waals surface area contributed by atoms with Crippen molar-refractivity contribution >= 4 is 12.3 Å². The Hall–Kier alpha value is -1.18. The van der Waals surface area contributed by atoms with Crippen LogP contribution in [0.25, 0.3) is 0 Å². The molecule has 4 fully saturated rings. The number of aliphatic hydroxyl groups is 1. The molecule has 7 nitrogen and oxygen atoms in total. The van der Waals surface area contributed by atoms with Crippen LogP contribution in [0.3, 0.4) is 0 Å². The summed E-state index contributed by atoms with van der Waals surface area (Å²) in [4.78, 5) is 26.4. The van der Waals surface area contributed by atoms with E-state index in [9.17, 15) is 14.7 Å². The van der Waals surface area contributed by atoms with Gasteiger partial charge in [0.05, 0.1) is 31.3 Å². The monoisotopic (exact) mass is 407 g/mol. The number of hydrogen-bond acceptors (Lipinski definition) is 5. The van der Waals surface area contributed by atoms with Crippen LogP contribution >= 0.6 is 0 Å². The summed E-state index contributed by atoms with van der Waals surface area (Å²) < 4.78 is 5.11. The molecule has 2 saturated carbocycles. The number of carbonyl (C=O) groups excluding carboxylic acids is 2. The average Bonchev–Trinajstić information content (AvgIpc) is 2.83. The summed E-state index contributed by atoms with van der Waals surface area (Å²) in [6, 6.07) is -1.08. The van der Waals surface area contributed by atoms with Gasteiger partial charge in [0.1, 0.15) is 12.5 Å². The number of hydrogen-bond donors (Lipinski definition) is 3. The molecular weight excluding hydrogens is 370 g/mol. The van der Waals surface area contributed by atoms with E-state index in [4.69, 9.17) is 4.74 Å². The van der Waals surface area contributed by atoms with Gasteiger partial charge in [0.25, 0.3) is 0 Å². The molecule has 2 saturated heterocycles. The van der Waals surface area contributed by atoms with Gasteiger partial charge in [0.2, 0.25) is 0 Å². The molecule has 0 aromatic carbocycles. The van der Waals surface area contributed by atoms with E-state index in [1.807, 2.05) is 25.7 Å². The topological polar surface area (TPSA) is 90.9 Å². The number of ether oxygens (including phenoxy) is 1. The molecular formula is C22H37N3O4. The molecule has 0 aromatic heterocycles. The van der Waals surface area contributed by atoms with E-state index in [0.717, 1.165) is 19.3 Å². The van der Waals surface area contributed by atoms with Gasteiger partial charge in [-0.3, -0.25) is 4.90 Å². The first-order valence-electron chi connectivity index (χ1n) is 11.0. The zero-order valence-corrected chi connectivity index (χ0v) is 18.5. The van der Waals surface area contributed by atoms with Gasteiger partial charge in [-0.15, -0.1) is 0 Å². The fraction of sp³-hybridized carbons (Fsp3) is 0.909. The van der Waals surface area contributed by atoms with Crippen molar-refractivity contribution in [2.24, 2.45) is 21.7 Å². The third kappa shape index (κ3) is 2.87. The first-order valence-corrected chi connectivity index (χ1v) is 11.0. The van der Waals surface area contributed by atoms with E-state index in [-0.39, 0.29) is 34.4 Å². The number of nitrogens with zero attached hydrogens (tertiary/aromatic N) is 1. The quantitative estimate of drug-likeness (QED) is 0.606. The van der Waals surface area contributed by atoms with E-state index >= 15 is 0 Å². The predicted molar refractivity (Wildman–Crippen MR) is 109 cm³/mol. The Labute approximate surface area is 173 Å². The molecule has 0 bridgehead atoms. The molecule has 0 aromatic rings. The Morgan fingerprint density at radius 2 is 1.90 bits per heavy atom. The molecule has 29 heavy (non-hydrogen) atoms. The fourth-order valence-corrected chi connectivity index (χ4v) is 6.69. The Kier molecular flexibility index (Phi) is 4.84. The molecule has 164 valence electrons. The zero-order valence-electron chi connectivity index (χ0n) is 18.5. The maximum atomic E-state index is 12.5. The van der Waals surface area contributed by atoms with Crippen LogP contribution in [-0.2, 0) is 9.53 Å². The number of urea groups is 1. The van der Waals surface area contributed by atoms with E-state index < -0.39 is 12.3 Å². The van der Waals surface area contributed by atoms with Gasteiger partial charge in [-0.2, -0.15) is 0 Å². The van der Waals surface area contributed by atoms with Crippen molar-refractivity contribution in [1.82, 2.24) is 15.5 Å². The second kappa shape index (κ2) is 6.66. The summed E-state index contributed by atoms with van der Waals surface area (Å²) in [6.45, 7) is 12.4. The summed E-state index contributed by atoms with van der Waals surface area (Å²) in [5, 5.41) is 17.3. The molecule has 4 aliphatic rings. The Morgan fingerprint density at radius 1 is 1.24 bits per heavy atom. The molecule has 3 N–H and O–H groups in total. The number of amides is 2. The maximum absolute atomic E-state index is 12.5. The SMILES string of the molecule is CC(C)(C)[C@H](NC(=O)NC1COC1)C(O)N1C[C@]2(C[C@H]1C=O)C(C)(C)C21CCC1. The van der Waals surface area contributed by atoms with Gasteiger partial charge in [0, 0.05) is 6.54 Å². The lowest BCUT2D eigenvalue weighted by molar-refractivity contribution is -0.118. The number of aldehydes is 1. The summed E-state index contributed by atoms with van der Waals surface area (Å²) in [5.74, 6) is 0. The van der Waals surface area contributed by atoms with Gasteiger partial charge in [-0.25, -0.2) is 4.79 Å². The highest BCUT2D eigenvalue weighted by molar-refractivity contribution is 5.75. The van der Waals surface area contributed by atoms with Gasteiger partial charge in [0.15, 0.2) is 0 Å². The van der Waals surface area contributed by atoms with Crippen LogP contribution in [0.15, 0.2) is 0 Å². The molecule has 1 unspecified atom stereocenters. The Bertz CT molecular complexity index is 680. The highest BCUT2D eigenvalue weighted by Crippen LogP contribution is 2.88. The average molecular weight is 408 g/mol. The van der Waals surface area contributed by atoms with Crippen LogP contribution in [0.1, 0.15) is 60.3 Å². The molecule has 2 aliphatic carbocycles. The second-order valence-corrected chi connectivity index (χ2v) is 11.3. The van der Waals surface area contributed by atoms with E-state index in [0.29, 0.717) is 18.6 Å². The fourth-order valence-electron chi connectivity index (χ4n) is 6.69. The zero-order chi connectivity index (χ0) is 21.2. The third-order valence-electron chi connectivity index (χ3n) is 8.88. The standard InChI is InChI=1S/C22H37N3O4/c1-19(2,3)16(24-18(28)23-14-11-29-12-14)17(27)25-13-22(9-15(25)10-26)20(4,5)21(22)7-6-8-21/h10,14-17,27H,6-9,11-13H2,1-5H3,(H2,23,24,28)/t15-,16+,17?,22+/m0/s1. The molecule has 2 spiro atoms. The third-order valence-corrected chi connectivity index (χ3v) is 8.88. The van der Waals surface area contributed by atoms with Crippen molar-refractivity contribution in [3.8, 4) is 0 Å². The minimum atomic E-state index is -0.915. The number of rotatable bonds is 5. The summed E-state index contributed by atoms with van der Waals surface area (Å²) in [5.41, 5.74) is 0.240. The highest BCUT2D eigenvalue weighted by atomic mass is 16.5. The molecule has 2 heterocycles. The predicted octanol–water partition coefficient (Wildman–Crippen LogP) is 1.89. The van der Waals surface area contributed by atoms with Crippen LogP contribution in [0.2, 0.25) is 0 Å². The Morgan fingerprint density at radius 3 is 2.31 bits per heavy atom. The van der Waals surface area contributed by atoms with Crippen LogP contribution in [0, 0.1) is 21.7 Å². The maximum Gasteiger partial charge on any atom is 0.315 e. The summed E-state index contributed by atoms with van der Waals surface area (Å²) >= 11 is 0. The van der Waals surface area contributed by atoms with Gasteiger partial charge < -0.3 is 25.3 Å². The highest BCUT2D eigenvalue weighted by Gasteiger charge is 2.84. The molecule has 2 amide bonds. The normalized spacial score (nSPS) is 34.9. The first-order chi connectivity index (χ1) is 13.5. The Balaban J connectivity index is 1.51. The molecule has 4 rings (SSSR count). The van der Waals surface area contributed by atoms with Gasteiger partial charge in [-0.05, 0) is 40.9 Å². The number of aliphatic hydroxyl groups excluding tert-OH is 1. The lowest BCUT2D eigenvalue weighted by atomic mass is 9.73. The number of fused-ring (bicyclic) bond motifs is 1. The van der Waals surface area contributed by atoms with Crippen molar-refractivity contribution < 1.29 is 19.4 Å². The van der Waals surface area contributed by atoms with Crippen LogP contribution in [0.5, 0.6) is 0 Å². The van der Waals surface area contributed by atoms with E-state index in [1.165, 1.54) is 19.3 Å².